The molecule has 0 amide bonds. The molecule has 0 aromatic carbocycles. The number of nitrogens with zero attached hydrogens (tertiary/aromatic N) is 5. The number of aromatic nitrogens is 7. The average Bonchev–Trinajstić information content (AvgIpc) is 3.62. The molecule has 3 N–H and O–H groups in total. The van der Waals surface area contributed by atoms with Gasteiger partial charge in [-0.15, -0.1) is 0 Å². The molecule has 6 heterocycles. The molecule has 0 aliphatic heterocycles. The molecular weight excluding hydrogens is 435 g/mol. The van der Waals surface area contributed by atoms with Gasteiger partial charge in [-0.05, 0) is 30.3 Å². The van der Waals surface area contributed by atoms with Crippen molar-refractivity contribution in [2.75, 3.05) is 6.54 Å². The molecule has 6 aromatic rings. The number of pyridine rings is 3. The Labute approximate surface area is 192 Å². The van der Waals surface area contributed by atoms with E-state index in [0.29, 0.717) is 45.7 Å². The van der Waals surface area contributed by atoms with Gasteiger partial charge in [0.05, 0.1) is 35.1 Å². The molecule has 0 radical (unpaired) electrons. The summed E-state index contributed by atoms with van der Waals surface area (Å²) >= 11 is 0. The van der Waals surface area contributed by atoms with Gasteiger partial charge in [-0.3, -0.25) is 20.1 Å². The van der Waals surface area contributed by atoms with Crippen LogP contribution in [0.1, 0.15) is 12.5 Å². The Kier molecular flexibility index (Phi) is 4.84. The molecule has 0 fully saturated rings. The second-order valence-electron chi connectivity index (χ2n) is 7.80. The minimum absolute atomic E-state index is 0.206. The molecular formula is C24H19FN8O. The lowest BCUT2D eigenvalue weighted by atomic mass is 10.1. The summed E-state index contributed by atoms with van der Waals surface area (Å²) in [6, 6.07) is 5.52. The number of nitrogens with one attached hydrogen (secondary N) is 3. The molecule has 0 spiro atoms. The fraction of sp³-hybridized carbons (Fsp3) is 0.125. The van der Waals surface area contributed by atoms with E-state index in [0.717, 1.165) is 23.2 Å². The maximum atomic E-state index is 15.8. The second-order valence-corrected chi connectivity index (χ2v) is 7.80. The average molecular weight is 454 g/mol. The number of fused-ring (bicyclic) bond motifs is 2. The minimum atomic E-state index is -0.489. The van der Waals surface area contributed by atoms with Gasteiger partial charge in [0.25, 0.3) is 0 Å². The third kappa shape index (κ3) is 3.32. The summed E-state index contributed by atoms with van der Waals surface area (Å²) in [5.74, 6) is -0.0636. The van der Waals surface area contributed by atoms with Crippen molar-refractivity contribution in [1.29, 1.82) is 0 Å². The summed E-state index contributed by atoms with van der Waals surface area (Å²) in [4.78, 5) is 21.0. The van der Waals surface area contributed by atoms with Gasteiger partial charge < -0.3 is 14.7 Å². The lowest BCUT2D eigenvalue weighted by molar-refractivity contribution is 0.568. The minimum Gasteiger partial charge on any atom is -0.472 e. The van der Waals surface area contributed by atoms with Crippen LogP contribution in [0.4, 0.5) is 4.39 Å². The summed E-state index contributed by atoms with van der Waals surface area (Å²) < 4.78 is 21.0. The van der Waals surface area contributed by atoms with Gasteiger partial charge in [-0.1, -0.05) is 6.92 Å². The van der Waals surface area contributed by atoms with Crippen molar-refractivity contribution < 1.29 is 8.81 Å². The summed E-state index contributed by atoms with van der Waals surface area (Å²) in [6.45, 7) is 3.50. The fourth-order valence-electron chi connectivity index (χ4n) is 3.99. The topological polar surface area (TPSA) is 121 Å². The first-order valence-electron chi connectivity index (χ1n) is 10.8. The molecule has 10 heteroatoms. The highest BCUT2D eigenvalue weighted by Crippen LogP contribution is 2.34. The first-order chi connectivity index (χ1) is 16.7. The Morgan fingerprint density at radius 2 is 1.97 bits per heavy atom. The summed E-state index contributed by atoms with van der Waals surface area (Å²) in [6.07, 6.45) is 9.81. The van der Waals surface area contributed by atoms with E-state index in [-0.39, 0.29) is 5.69 Å². The first kappa shape index (κ1) is 20.2. The SMILES string of the molecule is CCNCc1cncc(-c2ncc3[nH]nc(-c4nc5c(-c6ccoc6)nccc5[nH]4)c3c2F)c1. The molecule has 9 nitrogen and oxygen atoms in total. The van der Waals surface area contributed by atoms with E-state index in [1.54, 1.807) is 37.3 Å². The van der Waals surface area contributed by atoms with Crippen LogP contribution in [-0.4, -0.2) is 41.7 Å². The number of hydrogen-bond acceptors (Lipinski definition) is 7. The maximum absolute atomic E-state index is 15.8. The molecule has 34 heavy (non-hydrogen) atoms. The molecule has 0 saturated heterocycles. The van der Waals surface area contributed by atoms with Gasteiger partial charge >= 0.3 is 0 Å². The summed E-state index contributed by atoms with van der Waals surface area (Å²) in [5, 5.41) is 10.8. The lowest BCUT2D eigenvalue weighted by Crippen LogP contribution is -2.11. The van der Waals surface area contributed by atoms with E-state index >= 15 is 4.39 Å². The van der Waals surface area contributed by atoms with E-state index < -0.39 is 5.82 Å². The van der Waals surface area contributed by atoms with E-state index in [4.69, 9.17) is 9.40 Å². The fourth-order valence-corrected chi connectivity index (χ4v) is 3.99. The number of imidazole rings is 1. The van der Waals surface area contributed by atoms with Crippen LogP contribution in [0.15, 0.2) is 59.9 Å². The van der Waals surface area contributed by atoms with Crippen LogP contribution in [0.3, 0.4) is 0 Å². The van der Waals surface area contributed by atoms with Crippen molar-refractivity contribution in [2.24, 2.45) is 0 Å². The zero-order valence-corrected chi connectivity index (χ0v) is 18.1. The van der Waals surface area contributed by atoms with Crippen molar-refractivity contribution in [1.82, 2.24) is 40.4 Å². The third-order valence-corrected chi connectivity index (χ3v) is 5.61. The summed E-state index contributed by atoms with van der Waals surface area (Å²) in [7, 11) is 0. The number of furan rings is 1. The van der Waals surface area contributed by atoms with Gasteiger partial charge in [0.15, 0.2) is 11.6 Å². The Balaban J connectivity index is 1.48. The highest BCUT2D eigenvalue weighted by atomic mass is 19.1. The molecule has 0 aliphatic rings. The Hall–Kier alpha value is -4.44. The molecule has 0 unspecified atom stereocenters. The van der Waals surface area contributed by atoms with E-state index in [1.807, 2.05) is 25.1 Å². The molecule has 0 bridgehead atoms. The van der Waals surface area contributed by atoms with Gasteiger partial charge in [-0.25, -0.2) is 9.37 Å². The summed E-state index contributed by atoms with van der Waals surface area (Å²) in [5.41, 5.74) is 5.46. The van der Waals surface area contributed by atoms with Gasteiger partial charge in [0.1, 0.15) is 22.6 Å². The molecule has 168 valence electrons. The quantitative estimate of drug-likeness (QED) is 0.340. The van der Waals surface area contributed by atoms with Crippen LogP contribution in [0, 0.1) is 5.82 Å². The number of hydrogen-bond donors (Lipinski definition) is 3. The first-order valence-corrected chi connectivity index (χ1v) is 10.8. The highest BCUT2D eigenvalue weighted by Gasteiger charge is 2.21. The number of H-pyrrole nitrogens is 2. The normalized spacial score (nSPS) is 11.6. The number of aromatic amines is 2. The molecule has 0 aliphatic carbocycles. The second kappa shape index (κ2) is 8.16. The van der Waals surface area contributed by atoms with Gasteiger partial charge in [0, 0.05) is 36.3 Å². The van der Waals surface area contributed by atoms with Crippen molar-refractivity contribution >= 4 is 21.9 Å². The van der Waals surface area contributed by atoms with E-state index in [2.05, 4.69) is 35.5 Å². The van der Waals surface area contributed by atoms with Crippen molar-refractivity contribution in [3.8, 4) is 34.0 Å². The van der Waals surface area contributed by atoms with E-state index in [1.165, 1.54) is 0 Å². The Morgan fingerprint density at radius 1 is 1.03 bits per heavy atom. The lowest BCUT2D eigenvalue weighted by Gasteiger charge is -2.07. The monoisotopic (exact) mass is 454 g/mol. The Bertz CT molecular complexity index is 1620. The zero-order chi connectivity index (χ0) is 23.1. The standard InChI is InChI=1S/C24H19FN8O/c1-2-26-8-13-7-15(10-27-9-13)20-19(25)18-17(11-29-20)32-33-23(18)24-30-16-3-5-28-21(22(16)31-24)14-4-6-34-12-14/h3-7,9-12,26H,2,8H2,1H3,(H,30,31)(H,32,33). The van der Waals surface area contributed by atoms with Crippen molar-refractivity contribution in [3.05, 3.63) is 66.9 Å². The zero-order valence-electron chi connectivity index (χ0n) is 18.1. The molecule has 0 atom stereocenters. The number of halogens is 1. The smallest absolute Gasteiger partial charge is 0.161 e. The molecule has 6 aromatic heterocycles. The highest BCUT2D eigenvalue weighted by molar-refractivity contribution is 5.97. The predicted octanol–water partition coefficient (Wildman–Crippen LogP) is 4.47. The van der Waals surface area contributed by atoms with E-state index in [9.17, 15) is 0 Å². The van der Waals surface area contributed by atoms with Crippen LogP contribution >= 0.6 is 0 Å². The maximum Gasteiger partial charge on any atom is 0.161 e. The predicted molar refractivity (Wildman–Crippen MR) is 125 cm³/mol. The van der Waals surface area contributed by atoms with Crippen LogP contribution in [-0.2, 0) is 6.54 Å². The van der Waals surface area contributed by atoms with Crippen molar-refractivity contribution in [3.63, 3.8) is 0 Å². The van der Waals surface area contributed by atoms with Gasteiger partial charge in [-0.2, -0.15) is 5.10 Å². The molecule has 6 rings (SSSR count). The Morgan fingerprint density at radius 3 is 2.82 bits per heavy atom. The van der Waals surface area contributed by atoms with Crippen LogP contribution < -0.4 is 5.32 Å². The van der Waals surface area contributed by atoms with Gasteiger partial charge in [0.2, 0.25) is 0 Å². The van der Waals surface area contributed by atoms with Crippen molar-refractivity contribution in [2.45, 2.75) is 13.5 Å². The van der Waals surface area contributed by atoms with Crippen LogP contribution in [0.25, 0.3) is 56.0 Å². The third-order valence-electron chi connectivity index (χ3n) is 5.61. The largest absolute Gasteiger partial charge is 0.472 e. The number of rotatable bonds is 6. The van der Waals surface area contributed by atoms with Crippen LogP contribution in [0.2, 0.25) is 0 Å². The molecule has 0 saturated carbocycles. The van der Waals surface area contributed by atoms with Crippen LogP contribution in [0.5, 0.6) is 0 Å².